The lowest BCUT2D eigenvalue weighted by Crippen LogP contribution is -2.16. The predicted molar refractivity (Wildman–Crippen MR) is 72.0 cm³/mol. The molecular formula is C14H17O2P. The Bertz CT molecular complexity index is 400. The van der Waals surface area contributed by atoms with E-state index < -0.39 is 0 Å². The van der Waals surface area contributed by atoms with Crippen LogP contribution in [0.3, 0.4) is 0 Å². The average molecular weight is 248 g/mol. The lowest BCUT2D eigenvalue weighted by Gasteiger charge is -2.19. The van der Waals surface area contributed by atoms with Crippen molar-refractivity contribution in [1.29, 1.82) is 0 Å². The summed E-state index contributed by atoms with van der Waals surface area (Å²) in [6.45, 7) is 2.32. The van der Waals surface area contributed by atoms with Crippen LogP contribution in [-0.2, 0) is 9.53 Å². The van der Waals surface area contributed by atoms with Gasteiger partial charge in [0.2, 0.25) is 0 Å². The molecule has 3 heteroatoms. The molecule has 0 saturated carbocycles. The van der Waals surface area contributed by atoms with Crippen molar-refractivity contribution in [3.63, 3.8) is 0 Å². The van der Waals surface area contributed by atoms with Gasteiger partial charge in [-0.25, -0.2) is 0 Å². The number of benzene rings is 1. The van der Waals surface area contributed by atoms with Crippen molar-refractivity contribution in [2.75, 3.05) is 12.8 Å². The first-order valence-corrected chi connectivity index (χ1v) is 7.55. The lowest BCUT2D eigenvalue weighted by molar-refractivity contribution is -0.142. The van der Waals surface area contributed by atoms with E-state index in [0.717, 1.165) is 6.16 Å². The highest BCUT2D eigenvalue weighted by Crippen LogP contribution is 2.46. The van der Waals surface area contributed by atoms with E-state index in [2.05, 4.69) is 36.4 Å². The van der Waals surface area contributed by atoms with Crippen molar-refractivity contribution in [1.82, 2.24) is 0 Å². The van der Waals surface area contributed by atoms with E-state index in [1.807, 2.05) is 13.0 Å². The molecule has 2 atom stereocenters. The topological polar surface area (TPSA) is 26.3 Å². The van der Waals surface area contributed by atoms with E-state index in [1.54, 1.807) is 0 Å². The summed E-state index contributed by atoms with van der Waals surface area (Å²) in [5.74, 6) is -0.0764. The number of carbonyl (C=O) groups excluding carboxylic acids is 1. The van der Waals surface area contributed by atoms with Crippen LogP contribution in [-0.4, -0.2) is 24.4 Å². The number of hydrogen-bond donors (Lipinski definition) is 0. The third-order valence-corrected chi connectivity index (χ3v) is 5.55. The quantitative estimate of drug-likeness (QED) is 0.465. The van der Waals surface area contributed by atoms with Crippen LogP contribution in [0.15, 0.2) is 42.5 Å². The van der Waals surface area contributed by atoms with Crippen LogP contribution in [0, 0.1) is 0 Å². The normalized spacial score (nSPS) is 22.6. The first-order chi connectivity index (χ1) is 8.31. The summed E-state index contributed by atoms with van der Waals surface area (Å²) >= 11 is 0. The van der Waals surface area contributed by atoms with Gasteiger partial charge in [-0.1, -0.05) is 50.4 Å². The molecule has 0 fully saturated rings. The molecule has 17 heavy (non-hydrogen) atoms. The fourth-order valence-electron chi connectivity index (χ4n) is 2.06. The Balaban J connectivity index is 2.02. The summed E-state index contributed by atoms with van der Waals surface area (Å²) in [7, 11) is -0.259. The summed E-state index contributed by atoms with van der Waals surface area (Å²) in [6, 6.07) is 10.5. The summed E-state index contributed by atoms with van der Waals surface area (Å²) in [4.78, 5) is 11.5. The minimum Gasteiger partial charge on any atom is -0.466 e. The van der Waals surface area contributed by atoms with Crippen molar-refractivity contribution in [2.45, 2.75) is 19.0 Å². The smallest absolute Gasteiger partial charge is 0.306 e. The number of ether oxygens (including phenoxy) is 1. The minimum absolute atomic E-state index is 0.0764. The summed E-state index contributed by atoms with van der Waals surface area (Å²) in [5.41, 5.74) is 0.353. The molecule has 0 N–H and O–H groups in total. The Kier molecular flexibility index (Phi) is 4.33. The zero-order valence-electron chi connectivity index (χ0n) is 10.0. The van der Waals surface area contributed by atoms with Gasteiger partial charge in [-0.3, -0.25) is 4.79 Å². The lowest BCUT2D eigenvalue weighted by atomic mass is 10.3. The Morgan fingerprint density at radius 3 is 2.88 bits per heavy atom. The van der Waals surface area contributed by atoms with Crippen LogP contribution in [0.5, 0.6) is 0 Å². The van der Waals surface area contributed by atoms with Gasteiger partial charge in [0.05, 0.1) is 13.0 Å². The van der Waals surface area contributed by atoms with Crippen LogP contribution < -0.4 is 5.30 Å². The van der Waals surface area contributed by atoms with Gasteiger partial charge >= 0.3 is 5.97 Å². The highest BCUT2D eigenvalue weighted by Gasteiger charge is 2.26. The maximum atomic E-state index is 11.5. The van der Waals surface area contributed by atoms with Gasteiger partial charge in [-0.15, -0.1) is 0 Å². The van der Waals surface area contributed by atoms with E-state index in [1.165, 1.54) is 5.30 Å². The third-order valence-electron chi connectivity index (χ3n) is 2.83. The first-order valence-electron chi connectivity index (χ1n) is 5.95. The van der Waals surface area contributed by atoms with E-state index in [-0.39, 0.29) is 13.9 Å². The van der Waals surface area contributed by atoms with Crippen LogP contribution in [0.1, 0.15) is 13.3 Å². The highest BCUT2D eigenvalue weighted by atomic mass is 31.1. The molecule has 0 saturated heterocycles. The Hall–Kier alpha value is -1.14. The molecule has 2 rings (SSSR count). The molecule has 1 aromatic rings. The summed E-state index contributed by atoms with van der Waals surface area (Å²) in [5, 5.41) is 1.38. The van der Waals surface area contributed by atoms with Crippen molar-refractivity contribution in [2.24, 2.45) is 0 Å². The molecule has 0 spiro atoms. The van der Waals surface area contributed by atoms with Crippen LogP contribution in [0.25, 0.3) is 0 Å². The van der Waals surface area contributed by atoms with Crippen molar-refractivity contribution in [3.05, 3.63) is 42.5 Å². The number of allylic oxidation sites excluding steroid dienone is 2. The minimum atomic E-state index is -0.259. The number of hydrogen-bond acceptors (Lipinski definition) is 2. The Morgan fingerprint density at radius 1 is 1.41 bits per heavy atom. The van der Waals surface area contributed by atoms with Gasteiger partial charge in [0, 0.05) is 5.66 Å². The second-order valence-corrected chi connectivity index (χ2v) is 6.48. The molecule has 2 unspecified atom stereocenters. The van der Waals surface area contributed by atoms with E-state index >= 15 is 0 Å². The van der Waals surface area contributed by atoms with Crippen LogP contribution in [0.2, 0.25) is 0 Å². The molecule has 90 valence electrons. The predicted octanol–water partition coefficient (Wildman–Crippen LogP) is 2.69. The van der Waals surface area contributed by atoms with E-state index in [9.17, 15) is 4.79 Å². The number of carbonyl (C=O) groups is 1. The van der Waals surface area contributed by atoms with E-state index in [0.29, 0.717) is 18.7 Å². The molecule has 1 aliphatic heterocycles. The number of rotatable bonds is 4. The highest BCUT2D eigenvalue weighted by molar-refractivity contribution is 7.67. The van der Waals surface area contributed by atoms with Gasteiger partial charge < -0.3 is 4.74 Å². The first kappa shape index (κ1) is 12.3. The largest absolute Gasteiger partial charge is 0.466 e. The molecule has 0 bridgehead atoms. The Labute approximate surface area is 103 Å². The SMILES string of the molecule is CCOC(=O)CC1C=CCP1c1ccccc1. The fourth-order valence-corrected chi connectivity index (χ4v) is 4.52. The zero-order valence-corrected chi connectivity index (χ0v) is 10.9. The van der Waals surface area contributed by atoms with Crippen LogP contribution in [0.4, 0.5) is 0 Å². The standard InChI is InChI=1S/C14H17O2P/c1-2-16-14(15)11-13-9-6-10-17(13)12-7-4-3-5-8-12/h3-9,13H,2,10-11H2,1H3. The van der Waals surface area contributed by atoms with Crippen molar-refractivity contribution >= 4 is 19.2 Å². The van der Waals surface area contributed by atoms with Gasteiger partial charge in [-0.2, -0.15) is 0 Å². The molecular weight excluding hydrogens is 231 g/mol. The molecule has 0 radical (unpaired) electrons. The van der Waals surface area contributed by atoms with Crippen molar-refractivity contribution < 1.29 is 9.53 Å². The van der Waals surface area contributed by atoms with E-state index in [4.69, 9.17) is 4.74 Å². The molecule has 1 heterocycles. The maximum absolute atomic E-state index is 11.5. The van der Waals surface area contributed by atoms with Gasteiger partial charge in [0.15, 0.2) is 0 Å². The molecule has 2 nitrogen and oxygen atoms in total. The maximum Gasteiger partial charge on any atom is 0.306 e. The fraction of sp³-hybridized carbons (Fsp3) is 0.357. The second-order valence-electron chi connectivity index (χ2n) is 3.99. The van der Waals surface area contributed by atoms with Crippen LogP contribution >= 0.6 is 7.92 Å². The van der Waals surface area contributed by atoms with Gasteiger partial charge in [-0.05, 0) is 18.4 Å². The molecule has 1 aliphatic rings. The number of esters is 1. The third kappa shape index (κ3) is 3.17. The molecule has 0 aliphatic carbocycles. The molecule has 1 aromatic carbocycles. The summed E-state index contributed by atoms with van der Waals surface area (Å²) < 4.78 is 5.03. The molecule has 0 aromatic heterocycles. The second kappa shape index (κ2) is 5.97. The van der Waals surface area contributed by atoms with Crippen molar-refractivity contribution in [3.8, 4) is 0 Å². The zero-order chi connectivity index (χ0) is 12.1. The Morgan fingerprint density at radius 2 is 2.18 bits per heavy atom. The average Bonchev–Trinajstić information content (AvgIpc) is 2.78. The summed E-state index contributed by atoms with van der Waals surface area (Å²) in [6.07, 6.45) is 5.98. The van der Waals surface area contributed by atoms with Gasteiger partial charge in [0.1, 0.15) is 0 Å². The monoisotopic (exact) mass is 248 g/mol. The van der Waals surface area contributed by atoms with Gasteiger partial charge in [0.25, 0.3) is 0 Å². The molecule has 0 amide bonds.